The predicted octanol–water partition coefficient (Wildman–Crippen LogP) is 5.72. The number of para-hydroxylation sites is 1. The molecule has 38 heavy (non-hydrogen) atoms. The highest BCUT2D eigenvalue weighted by molar-refractivity contribution is 8.18. The van der Waals surface area contributed by atoms with Crippen molar-refractivity contribution < 1.29 is 24.3 Å². The summed E-state index contributed by atoms with van der Waals surface area (Å²) in [6.07, 6.45) is 5.34. The van der Waals surface area contributed by atoms with Gasteiger partial charge in [0.05, 0.1) is 10.5 Å². The van der Waals surface area contributed by atoms with E-state index in [1.165, 1.54) is 11.3 Å². The molecule has 1 fully saturated rings. The number of aromatic nitrogens is 1. The highest BCUT2D eigenvalue weighted by atomic mass is 32.2. The van der Waals surface area contributed by atoms with Crippen molar-refractivity contribution in [2.45, 2.75) is 46.5 Å². The maximum Gasteiger partial charge on any atom is 0.339 e. The number of nitrogens with one attached hydrogen (secondary N) is 1. The van der Waals surface area contributed by atoms with Crippen molar-refractivity contribution in [3.63, 3.8) is 0 Å². The number of aryl methyl sites for hydroxylation is 3. The van der Waals surface area contributed by atoms with E-state index >= 15 is 0 Å². The molecule has 2 aliphatic rings. The second-order valence-electron chi connectivity index (χ2n) is 9.49. The molecule has 8 nitrogen and oxygen atoms in total. The number of amides is 3. The number of thioether (sulfide) groups is 1. The van der Waals surface area contributed by atoms with Crippen LogP contribution < -0.4 is 5.32 Å². The van der Waals surface area contributed by atoms with Gasteiger partial charge in [-0.05, 0) is 93.1 Å². The lowest BCUT2D eigenvalue weighted by molar-refractivity contribution is -0.127. The van der Waals surface area contributed by atoms with Gasteiger partial charge in [0.1, 0.15) is 11.5 Å². The summed E-state index contributed by atoms with van der Waals surface area (Å²) >= 11 is 2.32. The van der Waals surface area contributed by atoms with Crippen molar-refractivity contribution >= 4 is 57.9 Å². The molecule has 3 heterocycles. The number of benzene rings is 1. The second kappa shape index (κ2) is 10.3. The van der Waals surface area contributed by atoms with E-state index in [9.17, 15) is 24.3 Å². The zero-order chi connectivity index (χ0) is 27.1. The van der Waals surface area contributed by atoms with Crippen LogP contribution in [-0.2, 0) is 22.4 Å². The van der Waals surface area contributed by atoms with Crippen LogP contribution in [0.25, 0.3) is 11.1 Å². The van der Waals surface area contributed by atoms with Crippen molar-refractivity contribution in [3.05, 3.63) is 73.8 Å². The molecule has 2 N–H and O–H groups in total. The summed E-state index contributed by atoms with van der Waals surface area (Å²) in [5.41, 5.74) is 5.15. The van der Waals surface area contributed by atoms with E-state index in [1.807, 2.05) is 43.5 Å². The fraction of sp³-hybridized carbons (Fsp3) is 0.286. The third-order valence-corrected chi connectivity index (χ3v) is 9.11. The molecule has 0 spiro atoms. The highest BCUT2D eigenvalue weighted by Crippen LogP contribution is 2.40. The highest BCUT2D eigenvalue weighted by Gasteiger charge is 2.37. The Hall–Kier alpha value is -3.63. The number of aromatic carboxylic acids is 1. The Kier molecular flexibility index (Phi) is 7.02. The van der Waals surface area contributed by atoms with Crippen LogP contribution in [0.15, 0.2) is 35.2 Å². The molecular weight excluding hydrogens is 522 g/mol. The molecule has 196 valence electrons. The van der Waals surface area contributed by atoms with Crippen LogP contribution in [0.5, 0.6) is 0 Å². The van der Waals surface area contributed by atoms with Gasteiger partial charge in [-0.2, -0.15) is 0 Å². The van der Waals surface area contributed by atoms with E-state index in [-0.39, 0.29) is 11.4 Å². The molecule has 5 rings (SSSR count). The lowest BCUT2D eigenvalue weighted by Crippen LogP contribution is -2.36. The first kappa shape index (κ1) is 26.0. The van der Waals surface area contributed by atoms with Gasteiger partial charge < -0.3 is 15.0 Å². The Balaban J connectivity index is 1.41. The van der Waals surface area contributed by atoms with Crippen molar-refractivity contribution in [2.75, 3.05) is 11.9 Å². The lowest BCUT2D eigenvalue weighted by atomic mass is 9.95. The smallest absolute Gasteiger partial charge is 0.339 e. The van der Waals surface area contributed by atoms with Crippen LogP contribution in [0.2, 0.25) is 0 Å². The van der Waals surface area contributed by atoms with Crippen LogP contribution in [0.4, 0.5) is 10.5 Å². The zero-order valence-corrected chi connectivity index (χ0v) is 22.9. The molecule has 3 amide bonds. The van der Waals surface area contributed by atoms with Gasteiger partial charge in [-0.3, -0.25) is 19.3 Å². The lowest BCUT2D eigenvalue weighted by Gasteiger charge is -2.13. The zero-order valence-electron chi connectivity index (χ0n) is 21.3. The van der Waals surface area contributed by atoms with Crippen molar-refractivity contribution in [1.82, 2.24) is 9.47 Å². The van der Waals surface area contributed by atoms with E-state index in [1.54, 1.807) is 18.2 Å². The number of fused-ring (bicyclic) bond motifs is 1. The topological polar surface area (TPSA) is 109 Å². The third-order valence-electron chi connectivity index (χ3n) is 6.92. The molecule has 1 aromatic carbocycles. The quantitative estimate of drug-likeness (QED) is 0.381. The van der Waals surface area contributed by atoms with Gasteiger partial charge >= 0.3 is 5.97 Å². The minimum Gasteiger partial charge on any atom is -0.478 e. The van der Waals surface area contributed by atoms with Gasteiger partial charge in [0.25, 0.3) is 11.1 Å². The SMILES string of the molecule is Cc1ccccc1NC(=O)CN1C(=O)S/C(=C\c2cc(C)n(-c3sc4c(c3C(=O)O)CCCC4)c2C)C1=O. The Morgan fingerprint density at radius 1 is 1.11 bits per heavy atom. The van der Waals surface area contributed by atoms with E-state index in [2.05, 4.69) is 5.32 Å². The first-order valence-electron chi connectivity index (χ1n) is 12.3. The molecule has 3 aromatic rings. The Morgan fingerprint density at radius 3 is 2.58 bits per heavy atom. The summed E-state index contributed by atoms with van der Waals surface area (Å²) in [6.45, 7) is 5.26. The Bertz CT molecular complexity index is 1530. The molecule has 0 unspecified atom stereocenters. The van der Waals surface area contributed by atoms with E-state index in [4.69, 9.17) is 0 Å². The van der Waals surface area contributed by atoms with Crippen LogP contribution in [-0.4, -0.2) is 44.1 Å². The number of anilines is 1. The van der Waals surface area contributed by atoms with E-state index in [0.717, 1.165) is 75.3 Å². The summed E-state index contributed by atoms with van der Waals surface area (Å²) < 4.78 is 1.93. The third kappa shape index (κ3) is 4.69. The molecule has 2 aromatic heterocycles. The Labute approximate surface area is 228 Å². The molecule has 1 aliphatic heterocycles. The number of nitrogens with zero attached hydrogens (tertiary/aromatic N) is 2. The van der Waals surface area contributed by atoms with Gasteiger partial charge in [0, 0.05) is 22.0 Å². The fourth-order valence-corrected chi connectivity index (χ4v) is 7.32. The van der Waals surface area contributed by atoms with E-state index < -0.39 is 23.0 Å². The largest absolute Gasteiger partial charge is 0.478 e. The first-order chi connectivity index (χ1) is 18.2. The number of hydrogen-bond acceptors (Lipinski definition) is 6. The number of thiophene rings is 1. The summed E-state index contributed by atoms with van der Waals surface area (Å²) in [7, 11) is 0. The van der Waals surface area contributed by atoms with Crippen LogP contribution in [0.3, 0.4) is 0 Å². The monoisotopic (exact) mass is 549 g/mol. The molecular formula is C28H27N3O5S2. The standard InChI is InChI=1S/C28H27N3O5S2/c1-15-8-4-6-10-20(15)29-23(32)14-30-25(33)22(38-28(30)36)13-18-12-16(2)31(17(18)3)26-24(27(34)35)19-9-5-7-11-21(19)37-26/h4,6,8,10,12-13H,5,7,9,11,14H2,1-3H3,(H,29,32)(H,34,35)/b22-13-. The summed E-state index contributed by atoms with van der Waals surface area (Å²) in [5.74, 6) is -1.91. The predicted molar refractivity (Wildman–Crippen MR) is 149 cm³/mol. The summed E-state index contributed by atoms with van der Waals surface area (Å²) in [6, 6.07) is 9.17. The minimum absolute atomic E-state index is 0.225. The maximum absolute atomic E-state index is 13.1. The normalized spacial score (nSPS) is 16.3. The number of carboxylic acids is 1. The minimum atomic E-state index is -0.932. The van der Waals surface area contributed by atoms with Gasteiger partial charge in [-0.1, -0.05) is 18.2 Å². The molecule has 10 heteroatoms. The second-order valence-corrected chi connectivity index (χ2v) is 11.6. The molecule has 0 bridgehead atoms. The van der Waals surface area contributed by atoms with Gasteiger partial charge in [-0.15, -0.1) is 11.3 Å². The molecule has 0 atom stereocenters. The number of carboxylic acid groups (broad SMARTS) is 1. The molecule has 0 saturated carbocycles. The maximum atomic E-state index is 13.1. The number of hydrogen-bond donors (Lipinski definition) is 2. The Morgan fingerprint density at radius 2 is 1.84 bits per heavy atom. The first-order valence-corrected chi connectivity index (χ1v) is 14.0. The van der Waals surface area contributed by atoms with Crippen molar-refractivity contribution in [1.29, 1.82) is 0 Å². The molecule has 0 radical (unpaired) electrons. The number of imide groups is 1. The average molecular weight is 550 g/mol. The van der Waals surface area contributed by atoms with Gasteiger partial charge in [0.15, 0.2) is 0 Å². The van der Waals surface area contributed by atoms with Crippen molar-refractivity contribution in [2.24, 2.45) is 0 Å². The number of carbonyl (C=O) groups excluding carboxylic acids is 3. The van der Waals surface area contributed by atoms with Gasteiger partial charge in [0.2, 0.25) is 5.91 Å². The molecule has 1 aliphatic carbocycles. The summed E-state index contributed by atoms with van der Waals surface area (Å²) in [5, 5.41) is 12.9. The van der Waals surface area contributed by atoms with Crippen LogP contribution in [0, 0.1) is 20.8 Å². The van der Waals surface area contributed by atoms with E-state index in [0.29, 0.717) is 16.3 Å². The summed E-state index contributed by atoms with van der Waals surface area (Å²) in [4.78, 5) is 52.8. The molecule has 1 saturated heterocycles. The van der Waals surface area contributed by atoms with Crippen molar-refractivity contribution in [3.8, 4) is 5.00 Å². The number of carbonyl (C=O) groups is 4. The van der Waals surface area contributed by atoms with Crippen LogP contribution in [0.1, 0.15) is 56.2 Å². The fourth-order valence-electron chi connectivity index (χ4n) is 5.00. The number of rotatable bonds is 6. The average Bonchev–Trinajstić information content (AvgIpc) is 3.47. The van der Waals surface area contributed by atoms with Crippen LogP contribution >= 0.6 is 23.1 Å². The van der Waals surface area contributed by atoms with Gasteiger partial charge in [-0.25, -0.2) is 4.79 Å².